The van der Waals surface area contributed by atoms with Crippen molar-refractivity contribution in [3.05, 3.63) is 101 Å². The van der Waals surface area contributed by atoms with Crippen LogP contribution < -0.4 is 4.90 Å². The first-order valence-electron chi connectivity index (χ1n) is 10.6. The molecule has 0 aromatic heterocycles. The molecule has 3 aromatic carbocycles. The summed E-state index contributed by atoms with van der Waals surface area (Å²) in [4.78, 5) is 21.1. The van der Waals surface area contributed by atoms with Gasteiger partial charge in [-0.25, -0.2) is 0 Å². The fourth-order valence-electron chi connectivity index (χ4n) is 4.02. The molecule has 158 valence electrons. The van der Waals surface area contributed by atoms with Gasteiger partial charge in [-0.2, -0.15) is 0 Å². The van der Waals surface area contributed by atoms with E-state index in [-0.39, 0.29) is 12.0 Å². The molecule has 2 aliphatic rings. The monoisotopic (exact) mass is 422 g/mol. The molecule has 1 unspecified atom stereocenters. The van der Waals surface area contributed by atoms with Crippen molar-refractivity contribution in [3.63, 3.8) is 0 Å². The van der Waals surface area contributed by atoms with Gasteiger partial charge in [-0.3, -0.25) is 4.79 Å². The van der Waals surface area contributed by atoms with Gasteiger partial charge in [0, 0.05) is 24.7 Å². The number of nitrogens with zero attached hydrogens (tertiary/aromatic N) is 2. The summed E-state index contributed by atoms with van der Waals surface area (Å²) in [6.45, 7) is 0.966. The third-order valence-electron chi connectivity index (χ3n) is 5.65. The van der Waals surface area contributed by atoms with Crippen molar-refractivity contribution in [1.82, 2.24) is 0 Å². The predicted octanol–water partition coefficient (Wildman–Crippen LogP) is 4.39. The standard InChI is InChI=1S/C27H22N2O3/c1-31-18-19-10-12-21(13-11-19)25-16-23(32-28-25)17-29-26-9-5-3-7-22(26)15-14-20-6-2-4-8-24(20)27(29)30/h2-13,23H,16-18H2,1H3. The van der Waals surface area contributed by atoms with Crippen LogP contribution in [0.3, 0.4) is 0 Å². The van der Waals surface area contributed by atoms with Crippen molar-refractivity contribution in [1.29, 1.82) is 0 Å². The van der Waals surface area contributed by atoms with Crippen molar-refractivity contribution in [2.75, 3.05) is 18.6 Å². The second kappa shape index (κ2) is 8.70. The van der Waals surface area contributed by atoms with Crippen LogP contribution in [0.15, 0.2) is 78.0 Å². The van der Waals surface area contributed by atoms with E-state index in [1.165, 1.54) is 0 Å². The first-order valence-corrected chi connectivity index (χ1v) is 10.6. The zero-order valence-electron chi connectivity index (χ0n) is 17.7. The van der Waals surface area contributed by atoms with Crippen LogP contribution in [0.25, 0.3) is 0 Å². The van der Waals surface area contributed by atoms with Crippen molar-refractivity contribution in [3.8, 4) is 11.8 Å². The lowest BCUT2D eigenvalue weighted by Crippen LogP contribution is -2.39. The van der Waals surface area contributed by atoms with E-state index in [0.717, 1.165) is 33.7 Å². The predicted molar refractivity (Wildman–Crippen MR) is 124 cm³/mol. The van der Waals surface area contributed by atoms with Gasteiger partial charge in [-0.15, -0.1) is 0 Å². The molecule has 0 aliphatic carbocycles. The Hall–Kier alpha value is -3.88. The van der Waals surface area contributed by atoms with Crippen molar-refractivity contribution >= 4 is 17.3 Å². The number of carbonyl (C=O) groups is 1. The molecule has 0 saturated heterocycles. The van der Waals surface area contributed by atoms with Gasteiger partial charge in [0.25, 0.3) is 5.91 Å². The Balaban J connectivity index is 1.40. The number of amides is 1. The first kappa shape index (κ1) is 20.0. The Morgan fingerprint density at radius 1 is 1.00 bits per heavy atom. The molecular weight excluding hydrogens is 400 g/mol. The van der Waals surface area contributed by atoms with Gasteiger partial charge >= 0.3 is 0 Å². The van der Waals surface area contributed by atoms with Crippen molar-refractivity contribution < 1.29 is 14.4 Å². The first-order chi connectivity index (χ1) is 15.7. The highest BCUT2D eigenvalue weighted by Crippen LogP contribution is 2.27. The highest BCUT2D eigenvalue weighted by molar-refractivity contribution is 6.09. The molecule has 5 rings (SSSR count). The van der Waals surface area contributed by atoms with Gasteiger partial charge in [0.15, 0.2) is 6.10 Å². The van der Waals surface area contributed by atoms with E-state index in [1.807, 2.05) is 72.8 Å². The zero-order chi connectivity index (χ0) is 21.9. The van der Waals surface area contributed by atoms with E-state index in [9.17, 15) is 4.79 Å². The second-order valence-electron chi connectivity index (χ2n) is 7.83. The highest BCUT2D eigenvalue weighted by Gasteiger charge is 2.30. The van der Waals surface area contributed by atoms with E-state index in [0.29, 0.717) is 25.1 Å². The van der Waals surface area contributed by atoms with E-state index in [4.69, 9.17) is 9.57 Å². The number of oxime groups is 1. The minimum atomic E-state index is -0.236. The molecule has 0 fully saturated rings. The van der Waals surface area contributed by atoms with Gasteiger partial charge in [-0.1, -0.05) is 65.5 Å². The average molecular weight is 422 g/mol. The molecule has 32 heavy (non-hydrogen) atoms. The molecule has 3 aromatic rings. The summed E-state index contributed by atoms with van der Waals surface area (Å²) in [5.41, 5.74) is 5.95. The van der Waals surface area contributed by atoms with Crippen LogP contribution in [-0.4, -0.2) is 31.4 Å². The highest BCUT2D eigenvalue weighted by atomic mass is 16.6. The molecule has 0 saturated carbocycles. The molecule has 0 bridgehead atoms. The van der Waals surface area contributed by atoms with Crippen LogP contribution in [0.4, 0.5) is 5.69 Å². The lowest BCUT2D eigenvalue weighted by molar-refractivity contribution is 0.0817. The molecule has 0 spiro atoms. The smallest absolute Gasteiger partial charge is 0.259 e. The van der Waals surface area contributed by atoms with Crippen LogP contribution in [-0.2, 0) is 16.2 Å². The zero-order valence-corrected chi connectivity index (χ0v) is 17.7. The van der Waals surface area contributed by atoms with Crippen LogP contribution in [0.1, 0.15) is 39.0 Å². The second-order valence-corrected chi connectivity index (χ2v) is 7.83. The number of carbonyl (C=O) groups excluding carboxylic acids is 1. The Morgan fingerprint density at radius 3 is 2.53 bits per heavy atom. The maximum absolute atomic E-state index is 13.5. The van der Waals surface area contributed by atoms with Crippen LogP contribution in [0.2, 0.25) is 0 Å². The maximum Gasteiger partial charge on any atom is 0.259 e. The number of rotatable bonds is 5. The average Bonchev–Trinajstić information content (AvgIpc) is 3.30. The van der Waals surface area contributed by atoms with E-state index < -0.39 is 0 Å². The summed E-state index contributed by atoms with van der Waals surface area (Å²) in [6, 6.07) is 23.3. The molecule has 0 N–H and O–H groups in total. The van der Waals surface area contributed by atoms with Gasteiger partial charge in [0.05, 0.1) is 30.1 Å². The summed E-state index contributed by atoms with van der Waals surface area (Å²) >= 11 is 0. The Bertz CT molecular complexity index is 1250. The van der Waals surface area contributed by atoms with Gasteiger partial charge in [0.1, 0.15) is 0 Å². The van der Waals surface area contributed by atoms with Crippen LogP contribution >= 0.6 is 0 Å². The number of fused-ring (bicyclic) bond motifs is 2. The molecule has 5 nitrogen and oxygen atoms in total. The Kier molecular flexibility index (Phi) is 5.45. The molecule has 1 amide bonds. The molecule has 2 heterocycles. The van der Waals surface area contributed by atoms with E-state index in [2.05, 4.69) is 17.0 Å². The number of benzene rings is 3. The quantitative estimate of drug-likeness (QED) is 0.573. The van der Waals surface area contributed by atoms with Crippen molar-refractivity contribution in [2.24, 2.45) is 5.16 Å². The lowest BCUT2D eigenvalue weighted by Gasteiger charge is -2.27. The van der Waals surface area contributed by atoms with E-state index >= 15 is 0 Å². The summed E-state index contributed by atoms with van der Waals surface area (Å²) < 4.78 is 5.18. The summed E-state index contributed by atoms with van der Waals surface area (Å²) in [5, 5.41) is 4.32. The van der Waals surface area contributed by atoms with Crippen LogP contribution in [0.5, 0.6) is 0 Å². The third kappa shape index (κ3) is 3.89. The SMILES string of the molecule is COCc1ccc(C2=NOC(CN3C(=O)c4ccccc4C#Cc4ccccc43)C2)cc1. The normalized spacial score (nSPS) is 16.7. The maximum atomic E-state index is 13.5. The third-order valence-corrected chi connectivity index (χ3v) is 5.65. The Morgan fingerprint density at radius 2 is 1.72 bits per heavy atom. The topological polar surface area (TPSA) is 51.1 Å². The number of para-hydroxylation sites is 1. The molecule has 2 aliphatic heterocycles. The van der Waals surface area contributed by atoms with Gasteiger partial charge in [0.2, 0.25) is 0 Å². The Labute approximate surface area is 187 Å². The fourth-order valence-corrected chi connectivity index (χ4v) is 4.02. The lowest BCUT2D eigenvalue weighted by atomic mass is 10.0. The summed E-state index contributed by atoms with van der Waals surface area (Å²) in [5.74, 6) is 6.29. The summed E-state index contributed by atoms with van der Waals surface area (Å²) in [7, 11) is 1.68. The van der Waals surface area contributed by atoms with Gasteiger partial charge in [-0.05, 0) is 35.4 Å². The minimum absolute atomic E-state index is 0.0805. The molecule has 1 atom stereocenters. The number of methoxy groups -OCH3 is 1. The number of ether oxygens (including phenoxy) is 1. The molecule has 5 heteroatoms. The minimum Gasteiger partial charge on any atom is -0.390 e. The van der Waals surface area contributed by atoms with Gasteiger partial charge < -0.3 is 14.5 Å². The number of anilines is 1. The number of hydrogen-bond acceptors (Lipinski definition) is 4. The van der Waals surface area contributed by atoms with Crippen LogP contribution in [0, 0.1) is 11.8 Å². The number of hydrogen-bond donors (Lipinski definition) is 0. The molecule has 0 radical (unpaired) electrons. The molecular formula is C27H22N2O3. The van der Waals surface area contributed by atoms with Crippen molar-refractivity contribution in [2.45, 2.75) is 19.1 Å². The largest absolute Gasteiger partial charge is 0.390 e. The fraction of sp³-hybridized carbons (Fsp3) is 0.185. The van der Waals surface area contributed by atoms with E-state index in [1.54, 1.807) is 12.0 Å². The summed E-state index contributed by atoms with van der Waals surface area (Å²) in [6.07, 6.45) is 0.392.